The first kappa shape index (κ1) is 39.7. The summed E-state index contributed by atoms with van der Waals surface area (Å²) in [5.74, 6) is -2.21. The molecular weight excluding hydrogens is 662 g/mol. The van der Waals surface area contributed by atoms with Gasteiger partial charge in [-0.15, -0.1) is 0 Å². The number of carbonyl (C=O) groups is 3. The van der Waals surface area contributed by atoms with Gasteiger partial charge in [0.05, 0.1) is 42.0 Å². The zero-order chi connectivity index (χ0) is 38.2. The van der Waals surface area contributed by atoms with Crippen LogP contribution in [0.3, 0.4) is 0 Å². The minimum Gasteiger partial charge on any atom is -0.456 e. The van der Waals surface area contributed by atoms with Gasteiger partial charge in [0, 0.05) is 36.5 Å². The number of esters is 2. The lowest BCUT2D eigenvalue weighted by molar-refractivity contribution is -0.376. The fraction of sp³-hybridized carbons (Fsp3) is 0.816. The van der Waals surface area contributed by atoms with E-state index < -0.39 is 100 Å². The molecule has 0 spiro atoms. The highest BCUT2D eigenvalue weighted by molar-refractivity contribution is 5.77. The Morgan fingerprint density at radius 2 is 1.75 bits per heavy atom. The Morgan fingerprint density at radius 1 is 1.10 bits per heavy atom. The van der Waals surface area contributed by atoms with Crippen molar-refractivity contribution < 1.29 is 58.1 Å². The first-order chi connectivity index (χ1) is 23.4. The molecule has 13 nitrogen and oxygen atoms in total. The second kappa shape index (κ2) is 13.4. The summed E-state index contributed by atoms with van der Waals surface area (Å²) in [5.41, 5.74) is -4.63. The van der Waals surface area contributed by atoms with Crippen molar-refractivity contribution in [3.63, 3.8) is 0 Å². The van der Waals surface area contributed by atoms with Gasteiger partial charge >= 0.3 is 18.0 Å². The van der Waals surface area contributed by atoms with Crippen molar-refractivity contribution in [2.45, 2.75) is 162 Å². The van der Waals surface area contributed by atoms with Gasteiger partial charge in [-0.25, -0.2) is 9.59 Å². The monoisotopic (exact) mass is 721 g/mol. The van der Waals surface area contributed by atoms with Crippen molar-refractivity contribution in [3.8, 4) is 0 Å². The number of hydrogen-bond acceptors (Lipinski definition) is 12. The fourth-order valence-corrected chi connectivity index (χ4v) is 9.96. The lowest BCUT2D eigenvalue weighted by Crippen LogP contribution is -2.74. The molecule has 0 radical (unpaired) electrons. The van der Waals surface area contributed by atoms with E-state index in [9.17, 15) is 29.7 Å². The van der Waals surface area contributed by atoms with Crippen LogP contribution in [0.1, 0.15) is 95.4 Å². The summed E-state index contributed by atoms with van der Waals surface area (Å²) in [6, 6.07) is -1.03. The van der Waals surface area contributed by atoms with Crippen LogP contribution in [-0.2, 0) is 38.0 Å². The topological polar surface area (TPSA) is 179 Å². The van der Waals surface area contributed by atoms with Crippen molar-refractivity contribution in [3.05, 3.63) is 23.8 Å². The van der Waals surface area contributed by atoms with Crippen LogP contribution in [0.2, 0.25) is 0 Å². The van der Waals surface area contributed by atoms with Gasteiger partial charge in [0.1, 0.15) is 17.8 Å². The quantitative estimate of drug-likeness (QED) is 0.154. The molecule has 1 amide bonds. The number of carbonyl (C=O) groups excluding carboxylic acids is 3. The molecular formula is C38H59NO12. The van der Waals surface area contributed by atoms with Gasteiger partial charge in [0.25, 0.3) is 0 Å². The van der Waals surface area contributed by atoms with Crippen molar-refractivity contribution in [2.75, 3.05) is 6.61 Å². The number of hydrogen-bond donors (Lipinski definition) is 4. The van der Waals surface area contributed by atoms with E-state index in [-0.39, 0.29) is 24.9 Å². The maximum atomic E-state index is 13.8. The van der Waals surface area contributed by atoms with E-state index in [1.54, 1.807) is 41.5 Å². The van der Waals surface area contributed by atoms with Gasteiger partial charge in [-0.1, -0.05) is 34.3 Å². The highest BCUT2D eigenvalue weighted by Crippen LogP contribution is 2.70. The molecule has 288 valence electrons. The Labute approximate surface area is 301 Å². The lowest BCUT2D eigenvalue weighted by Gasteiger charge is -2.67. The van der Waals surface area contributed by atoms with E-state index in [0.29, 0.717) is 24.2 Å². The predicted octanol–water partition coefficient (Wildman–Crippen LogP) is 3.71. The summed E-state index contributed by atoms with van der Waals surface area (Å²) in [6.07, 6.45) is -6.24. The first-order valence-corrected chi connectivity index (χ1v) is 18.1. The molecule has 13 atom stereocenters. The summed E-state index contributed by atoms with van der Waals surface area (Å²) in [7, 11) is 0. The molecule has 13 unspecified atom stereocenters. The zero-order valence-corrected chi connectivity index (χ0v) is 32.0. The number of ether oxygens (including phenoxy) is 6. The van der Waals surface area contributed by atoms with E-state index in [1.807, 2.05) is 20.8 Å². The second-order valence-electron chi connectivity index (χ2n) is 17.7. The first-order valence-electron chi connectivity index (χ1n) is 18.1. The highest BCUT2D eigenvalue weighted by Gasteiger charge is 2.77. The highest BCUT2D eigenvalue weighted by atomic mass is 16.7. The van der Waals surface area contributed by atoms with Gasteiger partial charge in [-0.05, 0) is 71.1 Å². The van der Waals surface area contributed by atoms with Crippen LogP contribution in [0, 0.1) is 28.1 Å². The van der Waals surface area contributed by atoms with Crippen molar-refractivity contribution >= 4 is 18.0 Å². The van der Waals surface area contributed by atoms with Crippen LogP contribution < -0.4 is 5.32 Å². The SMILES string of the molecule is C=CC1OC2CC3OCC3(C)C3C(O)C4(C(C)(C)O)CC(OC(=O)C(O)C(CC(C)C)NC(=O)OC(C)(C)C)C(C)=C4C(OC(C)=O)C(O1)C23C. The lowest BCUT2D eigenvalue weighted by atomic mass is 9.46. The maximum Gasteiger partial charge on any atom is 0.407 e. The third-order valence-electron chi connectivity index (χ3n) is 12.2. The van der Waals surface area contributed by atoms with Crippen LogP contribution in [0.25, 0.3) is 0 Å². The summed E-state index contributed by atoms with van der Waals surface area (Å²) >= 11 is 0. The average Bonchev–Trinajstić information content (AvgIpc) is 3.25. The fourth-order valence-electron chi connectivity index (χ4n) is 9.96. The summed E-state index contributed by atoms with van der Waals surface area (Å²) in [6.45, 7) is 23.4. The van der Waals surface area contributed by atoms with Gasteiger partial charge in [-0.3, -0.25) is 4.79 Å². The minimum atomic E-state index is -1.77. The number of alkyl carbamates (subject to hydrolysis) is 1. The van der Waals surface area contributed by atoms with Crippen LogP contribution in [-0.4, -0.2) is 106 Å². The molecule has 2 aliphatic heterocycles. The van der Waals surface area contributed by atoms with E-state index in [4.69, 9.17) is 28.4 Å². The second-order valence-corrected chi connectivity index (χ2v) is 17.7. The molecule has 0 aromatic carbocycles. The van der Waals surface area contributed by atoms with E-state index in [2.05, 4.69) is 18.8 Å². The predicted molar refractivity (Wildman–Crippen MR) is 184 cm³/mol. The third kappa shape index (κ3) is 6.54. The molecule has 2 saturated heterocycles. The molecule has 5 aliphatic rings. The molecule has 5 rings (SSSR count). The maximum absolute atomic E-state index is 13.8. The molecule has 2 saturated carbocycles. The van der Waals surface area contributed by atoms with Gasteiger partial charge < -0.3 is 49.1 Å². The molecule has 13 heteroatoms. The largest absolute Gasteiger partial charge is 0.456 e. The van der Waals surface area contributed by atoms with E-state index in [0.717, 1.165) is 0 Å². The normalized spacial score (nSPS) is 40.1. The number of rotatable bonds is 9. The summed E-state index contributed by atoms with van der Waals surface area (Å²) < 4.78 is 36.7. The molecule has 3 aliphatic carbocycles. The Balaban J connectivity index is 1.61. The van der Waals surface area contributed by atoms with Crippen LogP contribution in [0.4, 0.5) is 4.79 Å². The van der Waals surface area contributed by atoms with Crippen molar-refractivity contribution in [1.82, 2.24) is 5.32 Å². The van der Waals surface area contributed by atoms with Crippen LogP contribution in [0.15, 0.2) is 23.8 Å². The van der Waals surface area contributed by atoms with Crippen LogP contribution in [0.5, 0.6) is 0 Å². The Kier molecular flexibility index (Phi) is 10.4. The van der Waals surface area contributed by atoms with Crippen molar-refractivity contribution in [2.24, 2.45) is 28.1 Å². The van der Waals surface area contributed by atoms with Crippen LogP contribution >= 0.6 is 0 Å². The minimum absolute atomic E-state index is 0.0133. The summed E-state index contributed by atoms with van der Waals surface area (Å²) in [5, 5.41) is 39.3. The number of aliphatic hydroxyl groups is 3. The number of amides is 1. The van der Waals surface area contributed by atoms with Crippen molar-refractivity contribution in [1.29, 1.82) is 0 Å². The molecule has 0 aromatic rings. The Bertz CT molecular complexity index is 1430. The Hall–Kier alpha value is -2.55. The van der Waals surface area contributed by atoms with Gasteiger partial charge in [-0.2, -0.15) is 0 Å². The Morgan fingerprint density at radius 3 is 2.25 bits per heavy atom. The molecule has 51 heavy (non-hydrogen) atoms. The number of aliphatic hydroxyl groups excluding tert-OH is 2. The van der Waals surface area contributed by atoms with Gasteiger partial charge in [0.15, 0.2) is 18.5 Å². The summed E-state index contributed by atoms with van der Waals surface area (Å²) in [4.78, 5) is 39.5. The van der Waals surface area contributed by atoms with Gasteiger partial charge in [0.2, 0.25) is 0 Å². The molecule has 2 heterocycles. The number of nitrogens with one attached hydrogen (secondary N) is 1. The number of fused-ring (bicyclic) bond motifs is 3. The average molecular weight is 722 g/mol. The molecule has 4 N–H and O–H groups in total. The third-order valence-corrected chi connectivity index (χ3v) is 12.2. The molecule has 0 bridgehead atoms. The standard InChI is InChI=1S/C38H59NO12/c1-13-25-49-24-15-23-36(11,17-46-23)29-30(42)38(35(9,10)45)16-22(19(4)26(38)28(47-20(5)40)31(50-25)37(24,29)12)48-32(43)27(41)21(14-18(2)3)39-33(44)51-34(6,7)8/h13,18,21-25,27-31,41-42,45H,1,14-17H2,2-12H3,(H,39,44). The smallest absolute Gasteiger partial charge is 0.407 e. The van der Waals surface area contributed by atoms with E-state index in [1.165, 1.54) is 13.0 Å². The zero-order valence-electron chi connectivity index (χ0n) is 32.0. The molecule has 0 aromatic heterocycles. The molecule has 4 fully saturated rings. The van der Waals surface area contributed by atoms with E-state index >= 15 is 0 Å².